The standard InChI is InChI=1S/C23H38N6O4/c1-5-32-21(30)19-11-23(4)10-16(7-8-17(23)12-24-19)13-28-14-18(29-26-15(3)25-27-29)9-20(28)22(31)33-6-2/h16-20,24H,5-14H2,1-4H3/t16-,17-,18-,19-,20-,23+/m0/s1. The fourth-order valence-corrected chi connectivity index (χ4v) is 6.22. The zero-order valence-electron chi connectivity index (χ0n) is 20.3. The van der Waals surface area contributed by atoms with E-state index in [4.69, 9.17) is 9.47 Å². The lowest BCUT2D eigenvalue weighted by molar-refractivity contribution is -0.150. The van der Waals surface area contributed by atoms with Gasteiger partial charge in [0, 0.05) is 13.1 Å². The summed E-state index contributed by atoms with van der Waals surface area (Å²) in [4.78, 5) is 29.0. The van der Waals surface area contributed by atoms with E-state index in [9.17, 15) is 9.59 Å². The molecule has 1 aliphatic carbocycles. The third kappa shape index (κ3) is 5.21. The Balaban J connectivity index is 1.43. The van der Waals surface area contributed by atoms with Gasteiger partial charge in [0.2, 0.25) is 0 Å². The minimum Gasteiger partial charge on any atom is -0.465 e. The van der Waals surface area contributed by atoms with E-state index in [0.717, 1.165) is 38.8 Å². The molecule has 0 aromatic carbocycles. The molecule has 184 valence electrons. The monoisotopic (exact) mass is 462 g/mol. The minimum absolute atomic E-state index is 0.0135. The summed E-state index contributed by atoms with van der Waals surface area (Å²) in [5, 5.41) is 16.0. The largest absolute Gasteiger partial charge is 0.465 e. The van der Waals surface area contributed by atoms with Crippen LogP contribution in [-0.4, -0.2) is 82.0 Å². The Labute approximate surface area is 195 Å². The van der Waals surface area contributed by atoms with Crippen LogP contribution in [0.1, 0.15) is 64.7 Å². The summed E-state index contributed by atoms with van der Waals surface area (Å²) in [5.41, 5.74) is 0.0920. The highest BCUT2D eigenvalue weighted by molar-refractivity contribution is 5.76. The van der Waals surface area contributed by atoms with E-state index in [1.807, 2.05) is 20.8 Å². The number of hydrogen-bond acceptors (Lipinski definition) is 9. The number of aromatic nitrogens is 4. The molecule has 0 unspecified atom stereocenters. The maximum absolute atomic E-state index is 12.8. The molecule has 1 aromatic rings. The van der Waals surface area contributed by atoms with E-state index in [0.29, 0.717) is 43.8 Å². The molecule has 10 nitrogen and oxygen atoms in total. The van der Waals surface area contributed by atoms with Gasteiger partial charge in [-0.25, -0.2) is 0 Å². The topological polar surface area (TPSA) is 111 Å². The highest BCUT2D eigenvalue weighted by Gasteiger charge is 2.48. The van der Waals surface area contributed by atoms with Gasteiger partial charge in [0.25, 0.3) is 0 Å². The van der Waals surface area contributed by atoms with Crippen LogP contribution < -0.4 is 5.32 Å². The number of aryl methyl sites for hydroxylation is 1. The number of carbonyl (C=O) groups is 2. The summed E-state index contributed by atoms with van der Waals surface area (Å²) in [5.74, 6) is 1.36. The third-order valence-electron chi connectivity index (χ3n) is 7.80. The summed E-state index contributed by atoms with van der Waals surface area (Å²) >= 11 is 0. The van der Waals surface area contributed by atoms with Crippen LogP contribution in [-0.2, 0) is 19.1 Å². The van der Waals surface area contributed by atoms with E-state index < -0.39 is 0 Å². The van der Waals surface area contributed by atoms with Crippen LogP contribution in [0.25, 0.3) is 0 Å². The number of piperidine rings is 1. The molecule has 1 saturated carbocycles. The van der Waals surface area contributed by atoms with Gasteiger partial charge in [0.1, 0.15) is 12.1 Å². The lowest BCUT2D eigenvalue weighted by atomic mass is 9.59. The molecule has 3 aliphatic rings. The lowest BCUT2D eigenvalue weighted by Crippen LogP contribution is -2.55. The Bertz CT molecular complexity index is 847. The number of fused-ring (bicyclic) bond motifs is 1. The number of esters is 2. The van der Waals surface area contributed by atoms with Crippen molar-refractivity contribution < 1.29 is 19.1 Å². The molecule has 2 aliphatic heterocycles. The number of carbonyl (C=O) groups excluding carboxylic acids is 2. The molecule has 4 rings (SSSR count). The van der Waals surface area contributed by atoms with Gasteiger partial charge in [-0.1, -0.05) is 6.92 Å². The summed E-state index contributed by atoms with van der Waals surface area (Å²) in [7, 11) is 0. The number of nitrogens with zero attached hydrogens (tertiary/aromatic N) is 5. The second kappa shape index (κ2) is 10.0. The molecule has 1 N–H and O–H groups in total. The predicted molar refractivity (Wildman–Crippen MR) is 120 cm³/mol. The first kappa shape index (κ1) is 24.1. The van der Waals surface area contributed by atoms with Gasteiger partial charge < -0.3 is 14.8 Å². The van der Waals surface area contributed by atoms with Gasteiger partial charge in [-0.15, -0.1) is 10.2 Å². The average molecular weight is 463 g/mol. The zero-order chi connectivity index (χ0) is 23.6. The van der Waals surface area contributed by atoms with Crippen molar-refractivity contribution in [2.24, 2.45) is 17.3 Å². The molecular formula is C23H38N6O4. The van der Waals surface area contributed by atoms with E-state index in [1.54, 1.807) is 4.80 Å². The van der Waals surface area contributed by atoms with Gasteiger partial charge >= 0.3 is 11.9 Å². The SMILES string of the molecule is CCOC(=O)[C@@H]1C[C@@]2(C)C[C@@H](CN3C[C@@H](n4nnc(C)n4)C[C@H]3C(=O)OCC)CC[C@H]2CN1. The Morgan fingerprint density at radius 2 is 1.91 bits per heavy atom. The molecule has 10 heteroatoms. The molecule has 2 saturated heterocycles. The van der Waals surface area contributed by atoms with E-state index in [-0.39, 0.29) is 35.5 Å². The molecule has 6 atom stereocenters. The van der Waals surface area contributed by atoms with Crippen molar-refractivity contribution in [3.05, 3.63) is 5.82 Å². The van der Waals surface area contributed by atoms with Crippen molar-refractivity contribution in [1.29, 1.82) is 0 Å². The molecule has 3 heterocycles. The fourth-order valence-electron chi connectivity index (χ4n) is 6.22. The summed E-state index contributed by atoms with van der Waals surface area (Å²) in [6.45, 7) is 11.0. The van der Waals surface area contributed by atoms with Crippen molar-refractivity contribution in [3.8, 4) is 0 Å². The molecule has 33 heavy (non-hydrogen) atoms. The minimum atomic E-state index is -0.285. The zero-order valence-corrected chi connectivity index (χ0v) is 20.3. The first-order valence-corrected chi connectivity index (χ1v) is 12.4. The summed E-state index contributed by atoms with van der Waals surface area (Å²) in [6.07, 6.45) is 4.75. The van der Waals surface area contributed by atoms with Crippen LogP contribution in [0.5, 0.6) is 0 Å². The molecule has 0 radical (unpaired) electrons. The molecule has 1 aromatic heterocycles. The van der Waals surface area contributed by atoms with Crippen molar-refractivity contribution in [3.63, 3.8) is 0 Å². The number of ether oxygens (including phenoxy) is 2. The van der Waals surface area contributed by atoms with Gasteiger partial charge in [0.15, 0.2) is 5.82 Å². The first-order valence-electron chi connectivity index (χ1n) is 12.4. The number of rotatable bonds is 7. The van der Waals surface area contributed by atoms with Crippen LogP contribution in [0.15, 0.2) is 0 Å². The maximum Gasteiger partial charge on any atom is 0.323 e. The second-order valence-electron chi connectivity index (χ2n) is 10.2. The normalized spacial score (nSPS) is 34.6. The van der Waals surface area contributed by atoms with Crippen molar-refractivity contribution in [1.82, 2.24) is 30.4 Å². The quantitative estimate of drug-likeness (QED) is 0.603. The van der Waals surface area contributed by atoms with Gasteiger partial charge in [-0.3, -0.25) is 14.5 Å². The lowest BCUT2D eigenvalue weighted by Gasteiger charge is -2.50. The number of hydrogen-bond donors (Lipinski definition) is 1. The average Bonchev–Trinajstić information content (AvgIpc) is 3.39. The van der Waals surface area contributed by atoms with Gasteiger partial charge in [0.05, 0.1) is 19.3 Å². The molecular weight excluding hydrogens is 424 g/mol. The second-order valence-corrected chi connectivity index (χ2v) is 10.2. The van der Waals surface area contributed by atoms with E-state index >= 15 is 0 Å². The van der Waals surface area contributed by atoms with Crippen LogP contribution in [0.3, 0.4) is 0 Å². The Morgan fingerprint density at radius 3 is 2.61 bits per heavy atom. The van der Waals surface area contributed by atoms with Gasteiger partial charge in [-0.2, -0.15) is 4.80 Å². The maximum atomic E-state index is 12.8. The number of likely N-dealkylation sites (tertiary alicyclic amines) is 1. The number of tetrazole rings is 1. The summed E-state index contributed by atoms with van der Waals surface area (Å²) in [6, 6.07) is -0.498. The van der Waals surface area contributed by atoms with Crippen molar-refractivity contribution in [2.45, 2.75) is 77.9 Å². The van der Waals surface area contributed by atoms with Crippen LogP contribution >= 0.6 is 0 Å². The predicted octanol–water partition coefficient (Wildman–Crippen LogP) is 1.51. The van der Waals surface area contributed by atoms with E-state index in [2.05, 4.69) is 32.6 Å². The highest BCUT2D eigenvalue weighted by Crippen LogP contribution is 2.49. The Hall–Kier alpha value is -2.07. The van der Waals surface area contributed by atoms with Crippen molar-refractivity contribution >= 4 is 11.9 Å². The third-order valence-corrected chi connectivity index (χ3v) is 7.80. The molecule has 0 amide bonds. The molecule has 3 fully saturated rings. The van der Waals surface area contributed by atoms with Crippen molar-refractivity contribution in [2.75, 3.05) is 32.8 Å². The molecule has 0 bridgehead atoms. The molecule has 0 spiro atoms. The van der Waals surface area contributed by atoms with Crippen LogP contribution in [0.4, 0.5) is 0 Å². The Kier molecular flexibility index (Phi) is 7.33. The fraction of sp³-hybridized carbons (Fsp3) is 0.870. The van der Waals surface area contributed by atoms with Gasteiger partial charge in [-0.05, 0) is 81.9 Å². The Morgan fingerprint density at radius 1 is 1.15 bits per heavy atom. The summed E-state index contributed by atoms with van der Waals surface area (Å²) < 4.78 is 10.7. The smallest absolute Gasteiger partial charge is 0.323 e. The van der Waals surface area contributed by atoms with Crippen LogP contribution in [0, 0.1) is 24.2 Å². The first-order chi connectivity index (χ1) is 15.8. The number of nitrogens with one attached hydrogen (secondary N) is 1. The van der Waals surface area contributed by atoms with E-state index in [1.165, 1.54) is 0 Å². The van der Waals surface area contributed by atoms with Crippen LogP contribution in [0.2, 0.25) is 0 Å². The highest BCUT2D eigenvalue weighted by atomic mass is 16.5.